The summed E-state index contributed by atoms with van der Waals surface area (Å²) in [6, 6.07) is 0. The number of hydrogen-bond donors (Lipinski definition) is 1. The van der Waals surface area contributed by atoms with Gasteiger partial charge in [0.2, 0.25) is 10.1 Å². The number of rotatable bonds is 4. The van der Waals surface area contributed by atoms with Crippen LogP contribution in [0, 0.1) is 0 Å². The molecule has 0 bridgehead atoms. The van der Waals surface area contributed by atoms with Crippen molar-refractivity contribution in [2.45, 2.75) is 26.1 Å². The van der Waals surface area contributed by atoms with Crippen LogP contribution in [-0.4, -0.2) is 28.2 Å². The van der Waals surface area contributed by atoms with Gasteiger partial charge in [-0.3, -0.25) is 10.1 Å². The molecule has 0 radical (unpaired) electrons. The van der Waals surface area contributed by atoms with Crippen LogP contribution in [0.25, 0.3) is 0 Å². The van der Waals surface area contributed by atoms with E-state index >= 15 is 0 Å². The number of nitrogens with zero attached hydrogens (tertiary/aromatic N) is 2. The highest BCUT2D eigenvalue weighted by molar-refractivity contribution is 8.27. The fraction of sp³-hybridized carbons (Fsp3) is 0.333. The fourth-order valence-corrected chi connectivity index (χ4v) is 3.86. The van der Waals surface area contributed by atoms with Crippen LogP contribution in [0.3, 0.4) is 0 Å². The fourth-order valence-electron chi connectivity index (χ4n) is 1.41. The lowest BCUT2D eigenvalue weighted by Crippen LogP contribution is -2.25. The third-order valence-electron chi connectivity index (χ3n) is 2.27. The summed E-state index contributed by atoms with van der Waals surface area (Å²) in [5.41, 5.74) is -0.285. The number of anilines is 1. The molecule has 1 aromatic heterocycles. The summed E-state index contributed by atoms with van der Waals surface area (Å²) in [6.45, 7) is 3.23. The number of carbonyl (C=O) groups is 2. The summed E-state index contributed by atoms with van der Waals surface area (Å²) < 4.78 is 42.9. The summed E-state index contributed by atoms with van der Waals surface area (Å²) in [4.78, 5) is 24.4. The third kappa shape index (κ3) is 4.74. The molecule has 1 aliphatic heterocycles. The number of halogens is 3. The van der Waals surface area contributed by atoms with Gasteiger partial charge < -0.3 is 4.74 Å². The van der Waals surface area contributed by atoms with E-state index in [0.717, 1.165) is 23.5 Å². The molecule has 0 saturated heterocycles. The van der Waals surface area contributed by atoms with Gasteiger partial charge in [0, 0.05) is 0 Å². The second-order valence-electron chi connectivity index (χ2n) is 4.49. The maximum atomic E-state index is 12.5. The normalized spacial score (nSPS) is 14.2. The molecule has 0 fully saturated rings. The molecule has 1 amide bonds. The molecular weight excluding hydrogens is 387 g/mol. The van der Waals surface area contributed by atoms with Crippen molar-refractivity contribution >= 4 is 51.9 Å². The highest BCUT2D eigenvalue weighted by Crippen LogP contribution is 2.40. The van der Waals surface area contributed by atoms with Crippen LogP contribution in [0.4, 0.5) is 18.3 Å². The smallest absolute Gasteiger partial charge is 0.445 e. The number of esters is 1. The molecule has 0 saturated carbocycles. The van der Waals surface area contributed by atoms with E-state index in [4.69, 9.17) is 4.74 Å². The molecule has 2 rings (SSSR count). The van der Waals surface area contributed by atoms with Gasteiger partial charge in [-0.1, -0.05) is 34.9 Å². The van der Waals surface area contributed by atoms with Crippen molar-refractivity contribution in [2.24, 2.45) is 0 Å². The Kier molecular flexibility index (Phi) is 5.93. The molecule has 1 aromatic rings. The van der Waals surface area contributed by atoms with Crippen molar-refractivity contribution < 1.29 is 27.5 Å². The second-order valence-corrected chi connectivity index (χ2v) is 7.56. The average Bonchev–Trinajstić information content (AvgIpc) is 3.08. The summed E-state index contributed by atoms with van der Waals surface area (Å²) >= 11 is 2.45. The van der Waals surface area contributed by atoms with Crippen molar-refractivity contribution in [2.75, 3.05) is 5.32 Å². The van der Waals surface area contributed by atoms with E-state index in [0.29, 0.717) is 4.24 Å². The number of hydrogen-bond acceptors (Lipinski definition) is 8. The maximum Gasteiger partial charge on any atom is 0.445 e. The zero-order valence-corrected chi connectivity index (χ0v) is 14.7. The van der Waals surface area contributed by atoms with Gasteiger partial charge in [-0.05, 0) is 24.7 Å². The van der Waals surface area contributed by atoms with Crippen LogP contribution >= 0.6 is 34.9 Å². The average molecular weight is 397 g/mol. The zero-order valence-electron chi connectivity index (χ0n) is 12.2. The van der Waals surface area contributed by atoms with Gasteiger partial charge in [-0.2, -0.15) is 13.2 Å². The molecule has 0 spiro atoms. The molecule has 0 unspecified atom stereocenters. The summed E-state index contributed by atoms with van der Waals surface area (Å²) in [7, 11) is 0. The lowest BCUT2D eigenvalue weighted by molar-refractivity contribution is -0.143. The molecule has 0 aromatic carbocycles. The van der Waals surface area contributed by atoms with Crippen molar-refractivity contribution in [1.82, 2.24) is 10.2 Å². The van der Waals surface area contributed by atoms with E-state index in [1.165, 1.54) is 0 Å². The molecular formula is C12H10F3N3O3S3. The minimum Gasteiger partial charge on any atom is -0.459 e. The number of ether oxygens (including phenoxy) is 1. The van der Waals surface area contributed by atoms with E-state index in [9.17, 15) is 22.8 Å². The number of aromatic nitrogens is 2. The van der Waals surface area contributed by atoms with E-state index in [-0.39, 0.29) is 22.0 Å². The standard InChI is InChI=1S/C12H10F3N3O3S3/c1-5(2)21-8(20)6(9-22-3-4-23-9)7(19)16-11-18-17-10(24-11)12(13,14)15/h3-5H,1-2H3,(H,16,18,19). The second kappa shape index (κ2) is 7.57. The van der Waals surface area contributed by atoms with Crippen molar-refractivity contribution in [1.29, 1.82) is 0 Å². The predicted octanol–water partition coefficient (Wildman–Crippen LogP) is 3.61. The SMILES string of the molecule is CC(C)OC(=O)C(C(=O)Nc1nnc(C(F)(F)F)s1)=C1SC=CS1. The van der Waals surface area contributed by atoms with E-state index < -0.39 is 29.2 Å². The highest BCUT2D eigenvalue weighted by atomic mass is 32.2. The number of amides is 1. The topological polar surface area (TPSA) is 81.2 Å². The molecule has 1 aliphatic rings. The van der Waals surface area contributed by atoms with Crippen molar-refractivity contribution in [3.8, 4) is 0 Å². The van der Waals surface area contributed by atoms with E-state index in [1.807, 2.05) is 0 Å². The number of thioether (sulfide) groups is 2. The first-order valence-electron chi connectivity index (χ1n) is 6.34. The Bertz CT molecular complexity index is 703. The quantitative estimate of drug-likeness (QED) is 0.360. The van der Waals surface area contributed by atoms with Gasteiger partial charge in [-0.25, -0.2) is 4.79 Å². The number of alkyl halides is 3. The molecule has 0 aliphatic carbocycles. The first-order valence-corrected chi connectivity index (χ1v) is 8.91. The Morgan fingerprint density at radius 2 is 1.83 bits per heavy atom. The Hall–Kier alpha value is -1.53. The Morgan fingerprint density at radius 3 is 2.33 bits per heavy atom. The van der Waals surface area contributed by atoms with Gasteiger partial charge in [-0.15, -0.1) is 10.2 Å². The van der Waals surface area contributed by atoms with E-state index in [2.05, 4.69) is 15.5 Å². The van der Waals surface area contributed by atoms with Crippen LogP contribution in [-0.2, 0) is 20.5 Å². The Labute approximate surface area is 146 Å². The molecule has 130 valence electrons. The molecule has 1 N–H and O–H groups in total. The first-order chi connectivity index (χ1) is 11.2. The lowest BCUT2D eigenvalue weighted by Gasteiger charge is -2.12. The third-order valence-corrected chi connectivity index (χ3v) is 5.29. The Balaban J connectivity index is 2.21. The number of nitrogens with one attached hydrogen (secondary N) is 1. The molecule has 24 heavy (non-hydrogen) atoms. The minimum atomic E-state index is -4.65. The number of carbonyl (C=O) groups excluding carboxylic acids is 2. The van der Waals surface area contributed by atoms with Gasteiger partial charge in [0.05, 0.1) is 10.3 Å². The van der Waals surface area contributed by atoms with Gasteiger partial charge in [0.15, 0.2) is 0 Å². The summed E-state index contributed by atoms with van der Waals surface area (Å²) in [5.74, 6) is -1.76. The molecule has 2 heterocycles. The molecule has 6 nitrogen and oxygen atoms in total. The molecule has 0 atom stereocenters. The van der Waals surface area contributed by atoms with Crippen LogP contribution in [0.15, 0.2) is 20.6 Å². The monoisotopic (exact) mass is 397 g/mol. The van der Waals surface area contributed by atoms with Gasteiger partial charge >= 0.3 is 12.1 Å². The first kappa shape index (κ1) is 18.8. The maximum absolute atomic E-state index is 12.5. The van der Waals surface area contributed by atoms with Crippen LogP contribution in [0.5, 0.6) is 0 Å². The van der Waals surface area contributed by atoms with Gasteiger partial charge in [0.25, 0.3) is 5.91 Å². The summed E-state index contributed by atoms with van der Waals surface area (Å²) in [6.07, 6.45) is -5.11. The molecule has 12 heteroatoms. The van der Waals surface area contributed by atoms with Crippen LogP contribution in [0.2, 0.25) is 0 Å². The van der Waals surface area contributed by atoms with E-state index in [1.54, 1.807) is 24.7 Å². The largest absolute Gasteiger partial charge is 0.459 e. The van der Waals surface area contributed by atoms with Crippen LogP contribution < -0.4 is 5.32 Å². The van der Waals surface area contributed by atoms with Crippen molar-refractivity contribution in [3.63, 3.8) is 0 Å². The predicted molar refractivity (Wildman–Crippen MR) is 86.1 cm³/mol. The zero-order chi connectivity index (χ0) is 17.9. The summed E-state index contributed by atoms with van der Waals surface area (Å²) in [5, 5.41) is 10.2. The lowest BCUT2D eigenvalue weighted by atomic mass is 10.3. The van der Waals surface area contributed by atoms with Gasteiger partial charge in [0.1, 0.15) is 5.57 Å². The minimum absolute atomic E-state index is 0.171. The van der Waals surface area contributed by atoms with Crippen molar-refractivity contribution in [3.05, 3.63) is 25.6 Å². The van der Waals surface area contributed by atoms with Crippen LogP contribution in [0.1, 0.15) is 18.9 Å². The highest BCUT2D eigenvalue weighted by Gasteiger charge is 2.36. The Morgan fingerprint density at radius 1 is 1.21 bits per heavy atom.